The summed E-state index contributed by atoms with van der Waals surface area (Å²) in [5, 5.41) is 5.14. The van der Waals surface area contributed by atoms with Crippen LogP contribution in [0.3, 0.4) is 0 Å². The third kappa shape index (κ3) is 6.98. The van der Waals surface area contributed by atoms with Gasteiger partial charge in [-0.25, -0.2) is 14.8 Å². The number of imidazole rings is 1. The van der Waals surface area contributed by atoms with Crippen molar-refractivity contribution in [1.82, 2.24) is 19.4 Å². The predicted molar refractivity (Wildman–Crippen MR) is 138 cm³/mol. The monoisotopic (exact) mass is 543 g/mol. The molecule has 0 radical (unpaired) electrons. The lowest BCUT2D eigenvalue weighted by atomic mass is 10.2. The number of benzene rings is 1. The molecular weight excluding hydrogens is 515 g/mol. The highest BCUT2D eigenvalue weighted by molar-refractivity contribution is 6.00. The van der Waals surface area contributed by atoms with E-state index in [2.05, 4.69) is 30.2 Å². The van der Waals surface area contributed by atoms with Crippen molar-refractivity contribution in [2.75, 3.05) is 41.7 Å². The number of alkyl halides is 3. The molecule has 3 heterocycles. The van der Waals surface area contributed by atoms with Crippen LogP contribution in [0, 0.1) is 12.8 Å². The summed E-state index contributed by atoms with van der Waals surface area (Å²) in [5.74, 6) is 1.20. The average Bonchev–Trinajstić information content (AvgIpc) is 3.63. The largest absolute Gasteiger partial charge is 0.573 e. The van der Waals surface area contributed by atoms with Crippen molar-refractivity contribution in [1.29, 1.82) is 0 Å². The van der Waals surface area contributed by atoms with E-state index in [4.69, 9.17) is 0 Å². The fraction of sp³-hybridized carbons (Fsp3) is 0.385. The summed E-state index contributed by atoms with van der Waals surface area (Å²) in [6.45, 7) is 4.93. The minimum Gasteiger partial charge on any atom is -0.406 e. The number of carbonyl (C=O) groups excluding carboxylic acids is 2. The van der Waals surface area contributed by atoms with E-state index in [1.165, 1.54) is 12.1 Å². The van der Waals surface area contributed by atoms with Gasteiger partial charge in [-0.15, -0.1) is 13.2 Å². The van der Waals surface area contributed by atoms with Crippen LogP contribution in [-0.2, 0) is 6.54 Å². The summed E-state index contributed by atoms with van der Waals surface area (Å²) >= 11 is 0. The molecule has 13 heteroatoms. The van der Waals surface area contributed by atoms with Crippen LogP contribution >= 0.6 is 0 Å². The quantitative estimate of drug-likeness (QED) is 0.455. The maximum atomic E-state index is 13.4. The first-order chi connectivity index (χ1) is 18.6. The third-order valence-electron chi connectivity index (χ3n) is 6.49. The summed E-state index contributed by atoms with van der Waals surface area (Å²) in [6.07, 6.45) is 0.810. The number of hydrogen-bond donors (Lipinski definition) is 2. The van der Waals surface area contributed by atoms with E-state index in [1.807, 2.05) is 25.3 Å². The molecule has 3 amide bonds. The number of hydrogen-bond acceptors (Lipinski definition) is 6. The van der Waals surface area contributed by atoms with Gasteiger partial charge in [-0.3, -0.25) is 10.1 Å². The van der Waals surface area contributed by atoms with E-state index in [-0.39, 0.29) is 23.2 Å². The summed E-state index contributed by atoms with van der Waals surface area (Å²) in [5.41, 5.74) is 1.35. The van der Waals surface area contributed by atoms with E-state index in [1.54, 1.807) is 15.7 Å². The summed E-state index contributed by atoms with van der Waals surface area (Å²) in [6, 6.07) is 8.10. The van der Waals surface area contributed by atoms with Gasteiger partial charge in [-0.05, 0) is 61.6 Å². The van der Waals surface area contributed by atoms with Crippen LogP contribution in [0.4, 0.5) is 35.3 Å². The second kappa shape index (κ2) is 10.8. The number of nitrogens with one attached hydrogen (secondary N) is 2. The van der Waals surface area contributed by atoms with Gasteiger partial charge in [-0.1, -0.05) is 6.07 Å². The Bertz CT molecular complexity index is 1310. The molecule has 0 bridgehead atoms. The predicted octanol–water partition coefficient (Wildman–Crippen LogP) is 4.50. The third-order valence-corrected chi connectivity index (χ3v) is 6.49. The Morgan fingerprint density at radius 2 is 1.74 bits per heavy atom. The molecule has 5 rings (SSSR count). The zero-order valence-electron chi connectivity index (χ0n) is 21.2. The van der Waals surface area contributed by atoms with Crippen LogP contribution in [0.5, 0.6) is 5.75 Å². The fourth-order valence-electron chi connectivity index (χ4n) is 4.31. The number of aromatic nitrogens is 3. The van der Waals surface area contributed by atoms with Crippen LogP contribution in [0.25, 0.3) is 0 Å². The van der Waals surface area contributed by atoms with Gasteiger partial charge in [-0.2, -0.15) is 0 Å². The normalized spacial score (nSPS) is 15.7. The molecule has 0 atom stereocenters. The first-order valence-electron chi connectivity index (χ1n) is 12.6. The number of piperazine rings is 1. The Morgan fingerprint density at radius 3 is 2.36 bits per heavy atom. The lowest BCUT2D eigenvalue weighted by Gasteiger charge is -2.35. The van der Waals surface area contributed by atoms with Gasteiger partial charge in [0.15, 0.2) is 5.82 Å². The molecule has 1 aromatic carbocycles. The zero-order chi connectivity index (χ0) is 27.6. The smallest absolute Gasteiger partial charge is 0.406 e. The molecule has 1 aliphatic carbocycles. The van der Waals surface area contributed by atoms with Crippen LogP contribution in [0.1, 0.15) is 29.0 Å². The number of nitrogens with zero attached hydrogens (tertiary/aromatic N) is 5. The molecule has 1 aliphatic heterocycles. The topological polar surface area (TPSA) is 105 Å². The van der Waals surface area contributed by atoms with E-state index in [0.717, 1.165) is 36.4 Å². The zero-order valence-corrected chi connectivity index (χ0v) is 21.2. The Labute approximate surface area is 222 Å². The van der Waals surface area contributed by atoms with Gasteiger partial charge >= 0.3 is 12.4 Å². The van der Waals surface area contributed by atoms with Gasteiger partial charge < -0.3 is 24.4 Å². The molecule has 3 aromatic rings. The standard InChI is InChI=1S/C26H28F3N7O3/c1-17-2-9-22(30-14-17)34-10-12-35(13-11-34)24(37)23-32-21(16-36(23)15-18-3-4-18)33-25(38)31-19-5-7-20(8-6-19)39-26(27,28)29/h2,5-9,14,16,18H,3-4,10-13,15H2,1H3,(H2,31,33,38). The Balaban J connectivity index is 1.21. The van der Waals surface area contributed by atoms with Gasteiger partial charge in [0.25, 0.3) is 5.91 Å². The van der Waals surface area contributed by atoms with Crippen molar-refractivity contribution in [3.8, 4) is 5.75 Å². The van der Waals surface area contributed by atoms with Crippen LogP contribution < -0.4 is 20.3 Å². The molecule has 2 fully saturated rings. The summed E-state index contributed by atoms with van der Waals surface area (Å²) in [7, 11) is 0. The Hall–Kier alpha value is -4.29. The molecule has 0 spiro atoms. The molecule has 2 aromatic heterocycles. The van der Waals surface area contributed by atoms with E-state index in [0.29, 0.717) is 38.6 Å². The second-order valence-corrected chi connectivity index (χ2v) is 9.67. The number of urea groups is 1. The molecule has 2 N–H and O–H groups in total. The molecule has 1 saturated carbocycles. The van der Waals surface area contributed by atoms with E-state index >= 15 is 0 Å². The van der Waals surface area contributed by atoms with Gasteiger partial charge in [0, 0.05) is 50.8 Å². The van der Waals surface area contributed by atoms with E-state index in [9.17, 15) is 22.8 Å². The molecule has 10 nitrogen and oxygen atoms in total. The number of carbonyl (C=O) groups is 2. The summed E-state index contributed by atoms with van der Waals surface area (Å²) in [4.78, 5) is 38.7. The average molecular weight is 544 g/mol. The highest BCUT2D eigenvalue weighted by Crippen LogP contribution is 2.32. The highest BCUT2D eigenvalue weighted by Gasteiger charge is 2.31. The molecule has 206 valence electrons. The highest BCUT2D eigenvalue weighted by atomic mass is 19.4. The maximum Gasteiger partial charge on any atom is 0.573 e. The Morgan fingerprint density at radius 1 is 1.03 bits per heavy atom. The number of pyridine rings is 1. The van der Waals surface area contributed by atoms with Crippen molar-refractivity contribution in [2.45, 2.75) is 32.7 Å². The number of aryl methyl sites for hydroxylation is 1. The lowest BCUT2D eigenvalue weighted by Crippen LogP contribution is -2.49. The molecule has 0 unspecified atom stereocenters. The Kier molecular flexibility index (Phi) is 7.31. The summed E-state index contributed by atoms with van der Waals surface area (Å²) < 4.78 is 42.7. The first-order valence-corrected chi connectivity index (χ1v) is 12.6. The van der Waals surface area contributed by atoms with Gasteiger partial charge in [0.2, 0.25) is 5.82 Å². The van der Waals surface area contributed by atoms with Crippen molar-refractivity contribution in [3.05, 3.63) is 60.2 Å². The number of halogens is 3. The van der Waals surface area contributed by atoms with Crippen LogP contribution in [0.2, 0.25) is 0 Å². The number of amides is 3. The van der Waals surface area contributed by atoms with Crippen LogP contribution in [-0.4, -0.2) is 63.9 Å². The molecule has 2 aliphatic rings. The lowest BCUT2D eigenvalue weighted by molar-refractivity contribution is -0.274. The van der Waals surface area contributed by atoms with Crippen LogP contribution in [0.15, 0.2) is 48.8 Å². The van der Waals surface area contributed by atoms with Crippen molar-refractivity contribution in [3.63, 3.8) is 0 Å². The fourth-order valence-corrected chi connectivity index (χ4v) is 4.31. The van der Waals surface area contributed by atoms with Crippen molar-refractivity contribution < 1.29 is 27.5 Å². The SMILES string of the molecule is Cc1ccc(N2CCN(C(=O)c3nc(NC(=O)Nc4ccc(OC(F)(F)F)cc4)cn3CC3CC3)CC2)nc1. The maximum absolute atomic E-state index is 13.4. The number of ether oxygens (including phenoxy) is 1. The molecule has 39 heavy (non-hydrogen) atoms. The first kappa shape index (κ1) is 26.3. The van der Waals surface area contributed by atoms with Crippen molar-refractivity contribution >= 4 is 29.3 Å². The number of anilines is 3. The van der Waals surface area contributed by atoms with Crippen molar-refractivity contribution in [2.24, 2.45) is 5.92 Å². The van der Waals surface area contributed by atoms with Gasteiger partial charge in [0.05, 0.1) is 0 Å². The minimum atomic E-state index is -4.80. The number of rotatable bonds is 7. The minimum absolute atomic E-state index is 0.205. The molecule has 1 saturated heterocycles. The van der Waals surface area contributed by atoms with Gasteiger partial charge in [0.1, 0.15) is 11.6 Å². The molecular formula is C26H28F3N7O3. The van der Waals surface area contributed by atoms with E-state index < -0.39 is 18.1 Å². The second-order valence-electron chi connectivity index (χ2n) is 9.67.